The van der Waals surface area contributed by atoms with Crippen LogP contribution in [0.15, 0.2) is 60.8 Å². The Morgan fingerprint density at radius 1 is 0.395 bits per heavy atom. The fraction of sp³-hybridized carbons (Fsp3) is 0.831. The first kappa shape index (κ1) is 78.7. The zero-order valence-electron chi connectivity index (χ0n) is 54.0. The molecule has 0 aromatic rings. The molecule has 0 fully saturated rings. The van der Waals surface area contributed by atoms with Crippen molar-refractivity contribution >= 4 is 19.8 Å². The van der Waals surface area contributed by atoms with Crippen molar-refractivity contribution in [3.05, 3.63) is 60.8 Å². The molecule has 0 radical (unpaired) electrons. The third-order valence-corrected chi connectivity index (χ3v) is 16.3. The fourth-order valence-electron chi connectivity index (χ4n) is 10.0. The van der Waals surface area contributed by atoms with E-state index in [9.17, 15) is 19.0 Å². The lowest BCUT2D eigenvalue weighted by Crippen LogP contribution is -2.37. The number of nitrogens with zero attached hydrogens (tertiary/aromatic N) is 1. The van der Waals surface area contributed by atoms with Crippen molar-refractivity contribution < 1.29 is 42.1 Å². The lowest BCUT2D eigenvalue weighted by molar-refractivity contribution is -0.870. The van der Waals surface area contributed by atoms with Crippen molar-refractivity contribution in [2.45, 2.75) is 335 Å². The number of unbranched alkanes of at least 4 members (excludes halogenated alkanes) is 40. The van der Waals surface area contributed by atoms with E-state index >= 15 is 0 Å². The molecule has 0 aliphatic carbocycles. The normalized spacial score (nSPS) is 13.5. The van der Waals surface area contributed by atoms with Crippen LogP contribution < -0.4 is 0 Å². The Balaban J connectivity index is 4.01. The molecule has 0 amide bonds. The molecule has 2 atom stereocenters. The summed E-state index contributed by atoms with van der Waals surface area (Å²) in [4.78, 5) is 35.9. The van der Waals surface area contributed by atoms with Crippen molar-refractivity contribution in [1.82, 2.24) is 0 Å². The van der Waals surface area contributed by atoms with Gasteiger partial charge in [0.15, 0.2) is 6.10 Å². The summed E-state index contributed by atoms with van der Waals surface area (Å²) in [5, 5.41) is 0. The van der Waals surface area contributed by atoms with Crippen LogP contribution in [0.2, 0.25) is 0 Å². The van der Waals surface area contributed by atoms with Gasteiger partial charge in [0.2, 0.25) is 0 Å². The molecule has 0 aromatic heterocycles. The van der Waals surface area contributed by atoms with Crippen LogP contribution in [-0.4, -0.2) is 74.9 Å². The maximum Gasteiger partial charge on any atom is 0.472 e. The SMILES string of the molecule is CC/C=C\C/C=C\C/C=C\C/C=C\C/C=C\CCCCCCCCCCCCCCCCCCCC(=O)OC(COC(=O)CCCCCCCCCCCCCCCCCCCCCCCCCC)COP(=O)(O)OCC[N+](C)(C)C. The Labute approximate surface area is 502 Å². The van der Waals surface area contributed by atoms with Crippen molar-refractivity contribution in [1.29, 1.82) is 0 Å². The predicted octanol–water partition coefficient (Wildman–Crippen LogP) is 22.2. The number of carbonyl (C=O) groups is 2. The monoisotopic (exact) mass is 1160 g/mol. The first-order valence-electron chi connectivity index (χ1n) is 34.5. The highest BCUT2D eigenvalue weighted by atomic mass is 31.2. The Kier molecular flexibility index (Phi) is 60.5. The lowest BCUT2D eigenvalue weighted by atomic mass is 10.0. The number of allylic oxidation sites excluding steroid dienone is 10. The van der Waals surface area contributed by atoms with Crippen molar-refractivity contribution in [2.75, 3.05) is 47.5 Å². The van der Waals surface area contributed by atoms with E-state index in [0.717, 1.165) is 64.2 Å². The van der Waals surface area contributed by atoms with Gasteiger partial charge in [0, 0.05) is 12.8 Å². The van der Waals surface area contributed by atoms with Crippen LogP contribution in [0, 0.1) is 0 Å². The molecule has 474 valence electrons. The molecule has 0 aliphatic rings. The van der Waals surface area contributed by atoms with Crippen LogP contribution in [-0.2, 0) is 32.7 Å². The zero-order chi connectivity index (χ0) is 59.1. The number of esters is 2. The van der Waals surface area contributed by atoms with Crippen molar-refractivity contribution in [3.8, 4) is 0 Å². The van der Waals surface area contributed by atoms with Crippen LogP contribution in [0.25, 0.3) is 0 Å². The van der Waals surface area contributed by atoms with Gasteiger partial charge in [-0.05, 0) is 57.8 Å². The maximum atomic E-state index is 12.9. The molecule has 10 heteroatoms. The van der Waals surface area contributed by atoms with Gasteiger partial charge in [0.1, 0.15) is 19.8 Å². The van der Waals surface area contributed by atoms with Crippen LogP contribution in [0.3, 0.4) is 0 Å². The quantitative estimate of drug-likeness (QED) is 0.0211. The summed E-state index contributed by atoms with van der Waals surface area (Å²) in [5.74, 6) is -0.779. The summed E-state index contributed by atoms with van der Waals surface area (Å²) < 4.78 is 34.7. The molecule has 0 saturated carbocycles. The van der Waals surface area contributed by atoms with E-state index in [1.807, 2.05) is 21.1 Å². The van der Waals surface area contributed by atoms with Gasteiger partial charge in [-0.15, -0.1) is 0 Å². The Bertz CT molecular complexity index is 1550. The summed E-state index contributed by atoms with van der Waals surface area (Å²) in [6.45, 7) is 4.38. The van der Waals surface area contributed by atoms with E-state index in [2.05, 4.69) is 74.6 Å². The molecule has 9 nitrogen and oxygen atoms in total. The smallest absolute Gasteiger partial charge is 0.462 e. The molecular formula is C71H133NO8P+. The highest BCUT2D eigenvalue weighted by Crippen LogP contribution is 2.43. The molecule has 0 aliphatic heterocycles. The van der Waals surface area contributed by atoms with E-state index in [1.165, 1.54) is 231 Å². The third-order valence-electron chi connectivity index (χ3n) is 15.3. The van der Waals surface area contributed by atoms with Crippen LogP contribution in [0.1, 0.15) is 328 Å². The first-order valence-corrected chi connectivity index (χ1v) is 36.0. The number of phosphoric ester groups is 1. The summed E-state index contributed by atoms with van der Waals surface area (Å²) in [6, 6.07) is 0. The number of carbonyl (C=O) groups excluding carboxylic acids is 2. The number of ether oxygens (including phenoxy) is 2. The van der Waals surface area contributed by atoms with E-state index in [-0.39, 0.29) is 25.6 Å². The van der Waals surface area contributed by atoms with Gasteiger partial charge in [0.25, 0.3) is 0 Å². The topological polar surface area (TPSA) is 108 Å². The first-order chi connectivity index (χ1) is 39.5. The van der Waals surface area contributed by atoms with E-state index in [1.54, 1.807) is 0 Å². The summed E-state index contributed by atoms with van der Waals surface area (Å²) >= 11 is 0. The van der Waals surface area contributed by atoms with E-state index in [0.29, 0.717) is 23.9 Å². The molecule has 0 saturated heterocycles. The Morgan fingerprint density at radius 3 is 1.05 bits per heavy atom. The number of rotatable bonds is 64. The minimum atomic E-state index is -4.39. The predicted molar refractivity (Wildman–Crippen MR) is 349 cm³/mol. The van der Waals surface area contributed by atoms with Gasteiger partial charge in [0.05, 0.1) is 27.7 Å². The lowest BCUT2D eigenvalue weighted by Gasteiger charge is -2.24. The third kappa shape index (κ3) is 66.7. The molecule has 81 heavy (non-hydrogen) atoms. The van der Waals surface area contributed by atoms with Gasteiger partial charge in [-0.2, -0.15) is 0 Å². The molecular weight excluding hydrogens is 1030 g/mol. The van der Waals surface area contributed by atoms with Gasteiger partial charge in [-0.1, -0.05) is 319 Å². The highest BCUT2D eigenvalue weighted by Gasteiger charge is 2.27. The molecule has 0 aromatic carbocycles. The summed E-state index contributed by atoms with van der Waals surface area (Å²) in [6.07, 6.45) is 81.8. The second-order valence-corrected chi connectivity index (χ2v) is 26.0. The van der Waals surface area contributed by atoms with Gasteiger partial charge >= 0.3 is 19.8 Å². The Hall–Kier alpha value is -2.29. The summed E-state index contributed by atoms with van der Waals surface area (Å²) in [7, 11) is 1.49. The van der Waals surface area contributed by atoms with Gasteiger partial charge in [-0.3, -0.25) is 18.6 Å². The fourth-order valence-corrected chi connectivity index (χ4v) is 10.8. The number of likely N-dealkylation sites (N-methyl/N-ethyl adjacent to an activating group) is 1. The largest absolute Gasteiger partial charge is 0.472 e. The molecule has 0 heterocycles. The van der Waals surface area contributed by atoms with Crippen LogP contribution in [0.5, 0.6) is 0 Å². The van der Waals surface area contributed by atoms with Crippen LogP contribution >= 0.6 is 7.82 Å². The highest BCUT2D eigenvalue weighted by molar-refractivity contribution is 7.47. The minimum absolute atomic E-state index is 0.0333. The van der Waals surface area contributed by atoms with E-state index < -0.39 is 26.5 Å². The second-order valence-electron chi connectivity index (χ2n) is 24.5. The average Bonchev–Trinajstić information content (AvgIpc) is 3.43. The number of hydrogen-bond donors (Lipinski definition) is 1. The molecule has 1 N–H and O–H groups in total. The molecule has 0 spiro atoms. The Morgan fingerprint density at radius 2 is 0.704 bits per heavy atom. The standard InChI is InChI=1S/C71H132NO8P/c1-6-8-10-12-14-16-18-20-22-24-26-28-30-32-33-34-35-36-37-38-39-40-42-44-46-48-50-52-54-56-58-60-62-64-71(74)80-69(68-79-81(75,76)78-66-65-72(3,4)5)67-77-70(73)63-61-59-57-55-53-51-49-47-45-43-41-31-29-27-25-23-21-19-17-15-13-11-9-7-2/h8,10,14,16,20,22,26,28,32-33,69H,6-7,9,11-13,15,17-19,21,23-25,27,29-31,34-68H2,1-5H3/p+1/b10-8-,16-14-,22-20-,28-26-,33-32-. The molecule has 2 unspecified atom stereocenters. The molecule has 0 bridgehead atoms. The van der Waals surface area contributed by atoms with E-state index in [4.69, 9.17) is 18.5 Å². The van der Waals surface area contributed by atoms with Crippen LogP contribution in [0.4, 0.5) is 0 Å². The van der Waals surface area contributed by atoms with Gasteiger partial charge in [-0.25, -0.2) is 4.57 Å². The number of hydrogen-bond acceptors (Lipinski definition) is 7. The maximum absolute atomic E-state index is 12.9. The molecule has 0 rings (SSSR count). The number of phosphoric acid groups is 1. The van der Waals surface area contributed by atoms with Crippen molar-refractivity contribution in [3.63, 3.8) is 0 Å². The van der Waals surface area contributed by atoms with Gasteiger partial charge < -0.3 is 18.9 Å². The number of quaternary nitrogens is 1. The minimum Gasteiger partial charge on any atom is -0.462 e. The summed E-state index contributed by atoms with van der Waals surface area (Å²) in [5.41, 5.74) is 0. The average molecular weight is 1160 g/mol. The zero-order valence-corrected chi connectivity index (χ0v) is 54.9. The second kappa shape index (κ2) is 62.2. The van der Waals surface area contributed by atoms with Crippen molar-refractivity contribution in [2.24, 2.45) is 0 Å².